The van der Waals surface area contributed by atoms with Crippen LogP contribution in [0.3, 0.4) is 0 Å². The number of hydrogen-bond donors (Lipinski definition) is 0. The van der Waals surface area contributed by atoms with Crippen LogP contribution >= 0.6 is 11.6 Å². The van der Waals surface area contributed by atoms with Gasteiger partial charge in [0.15, 0.2) is 5.41 Å². The Hall–Kier alpha value is -2.59. The van der Waals surface area contributed by atoms with Crippen LogP contribution in [-0.2, 0) is 25.5 Å². The fourth-order valence-electron chi connectivity index (χ4n) is 4.53. The highest BCUT2D eigenvalue weighted by Crippen LogP contribution is 2.52. The first-order chi connectivity index (χ1) is 14.0. The van der Waals surface area contributed by atoms with E-state index >= 15 is 0 Å². The van der Waals surface area contributed by atoms with Crippen molar-refractivity contribution in [3.63, 3.8) is 0 Å². The molecule has 1 atom stereocenters. The molecule has 2 aliphatic rings. The van der Waals surface area contributed by atoms with Gasteiger partial charge in [-0.05, 0) is 72.6 Å². The van der Waals surface area contributed by atoms with Crippen LogP contribution in [-0.4, -0.2) is 25.2 Å². The molecule has 4 rings (SSSR count). The van der Waals surface area contributed by atoms with Crippen LogP contribution < -0.4 is 0 Å². The van der Waals surface area contributed by atoms with Crippen molar-refractivity contribution in [3.05, 3.63) is 64.7 Å². The van der Waals surface area contributed by atoms with E-state index in [4.69, 9.17) is 21.1 Å². The molecule has 0 N–H and O–H groups in total. The largest absolute Gasteiger partial charge is 0.465 e. The lowest BCUT2D eigenvalue weighted by atomic mass is 9.83. The van der Waals surface area contributed by atoms with E-state index in [1.165, 1.54) is 5.56 Å². The highest BCUT2D eigenvalue weighted by atomic mass is 35.5. The van der Waals surface area contributed by atoms with E-state index in [0.29, 0.717) is 11.4 Å². The molecule has 29 heavy (non-hydrogen) atoms. The standard InChI is InChI=1S/C24H23ClO4/c1-3-28-22(26)24(23(27)29-4-2)13-16-11-15-7-5-6-8-18(15)20-12-17(25)9-10-19(20)21(16)14-24/h5-10,12,14,16H,3-4,11,13H2,1-2H3. The van der Waals surface area contributed by atoms with Crippen molar-refractivity contribution < 1.29 is 19.1 Å². The summed E-state index contributed by atoms with van der Waals surface area (Å²) in [7, 11) is 0. The molecule has 0 radical (unpaired) electrons. The molecule has 0 bridgehead atoms. The molecule has 2 aromatic carbocycles. The third kappa shape index (κ3) is 3.25. The highest BCUT2D eigenvalue weighted by molar-refractivity contribution is 6.31. The van der Waals surface area contributed by atoms with Crippen molar-refractivity contribution in [1.82, 2.24) is 0 Å². The first-order valence-corrected chi connectivity index (χ1v) is 10.3. The number of esters is 2. The van der Waals surface area contributed by atoms with Crippen molar-refractivity contribution in [2.24, 2.45) is 11.3 Å². The van der Waals surface area contributed by atoms with Crippen LogP contribution in [0.4, 0.5) is 0 Å². The number of carbonyl (C=O) groups excluding carboxylic acids is 2. The summed E-state index contributed by atoms with van der Waals surface area (Å²) in [5.74, 6) is -1.07. The molecule has 0 fully saturated rings. The molecule has 2 aliphatic carbocycles. The summed E-state index contributed by atoms with van der Waals surface area (Å²) in [5, 5.41) is 0.651. The number of benzene rings is 2. The van der Waals surface area contributed by atoms with Crippen LogP contribution in [0.1, 0.15) is 31.4 Å². The molecule has 0 heterocycles. The Morgan fingerprint density at radius 2 is 1.69 bits per heavy atom. The van der Waals surface area contributed by atoms with Gasteiger partial charge in [0.25, 0.3) is 0 Å². The van der Waals surface area contributed by atoms with Gasteiger partial charge in [-0.2, -0.15) is 0 Å². The zero-order chi connectivity index (χ0) is 20.6. The van der Waals surface area contributed by atoms with Crippen molar-refractivity contribution in [2.45, 2.75) is 26.7 Å². The van der Waals surface area contributed by atoms with Crippen molar-refractivity contribution in [1.29, 1.82) is 0 Å². The minimum atomic E-state index is -1.41. The monoisotopic (exact) mass is 410 g/mol. The number of halogens is 1. The van der Waals surface area contributed by atoms with Crippen LogP contribution in [0.2, 0.25) is 5.02 Å². The van der Waals surface area contributed by atoms with E-state index in [1.54, 1.807) is 19.9 Å². The second-order valence-corrected chi connectivity index (χ2v) is 7.90. The van der Waals surface area contributed by atoms with Gasteiger partial charge in [0, 0.05) is 5.02 Å². The van der Waals surface area contributed by atoms with Crippen LogP contribution in [0, 0.1) is 11.3 Å². The molecule has 0 amide bonds. The Balaban J connectivity index is 1.91. The Morgan fingerprint density at radius 3 is 2.38 bits per heavy atom. The molecule has 0 saturated carbocycles. The van der Waals surface area contributed by atoms with Gasteiger partial charge in [-0.15, -0.1) is 0 Å². The second kappa shape index (κ2) is 7.68. The lowest BCUT2D eigenvalue weighted by Gasteiger charge is -2.24. The summed E-state index contributed by atoms with van der Waals surface area (Å²) in [5.41, 5.74) is 3.90. The molecule has 1 unspecified atom stereocenters. The zero-order valence-corrected chi connectivity index (χ0v) is 17.3. The van der Waals surface area contributed by atoms with Crippen LogP contribution in [0.25, 0.3) is 16.7 Å². The minimum Gasteiger partial charge on any atom is -0.465 e. The third-order valence-corrected chi connectivity index (χ3v) is 5.99. The SMILES string of the molecule is CCOC(=O)C1(C(=O)OCC)C=C2c3ccc(Cl)cc3-c3ccccc3CC2C1. The average Bonchev–Trinajstić information content (AvgIpc) is 3.04. The Kier molecular flexibility index (Phi) is 5.22. The molecule has 2 aromatic rings. The maximum Gasteiger partial charge on any atom is 0.327 e. The summed E-state index contributed by atoms with van der Waals surface area (Å²) in [6, 6.07) is 14.0. The van der Waals surface area contributed by atoms with Gasteiger partial charge >= 0.3 is 11.9 Å². The Bertz CT molecular complexity index is 990. The molecular weight excluding hydrogens is 388 g/mol. The summed E-state index contributed by atoms with van der Waals surface area (Å²) in [6.45, 7) is 3.90. The van der Waals surface area contributed by atoms with E-state index in [9.17, 15) is 9.59 Å². The normalized spacial score (nSPS) is 18.6. The number of allylic oxidation sites excluding steroid dienone is 1. The van der Waals surface area contributed by atoms with Crippen LogP contribution in [0.5, 0.6) is 0 Å². The van der Waals surface area contributed by atoms with E-state index in [2.05, 4.69) is 12.1 Å². The molecule has 0 spiro atoms. The topological polar surface area (TPSA) is 52.6 Å². The van der Waals surface area contributed by atoms with E-state index in [1.807, 2.05) is 30.3 Å². The number of ether oxygens (including phenoxy) is 2. The summed E-state index contributed by atoms with van der Waals surface area (Å²) in [4.78, 5) is 25.9. The fraction of sp³-hybridized carbons (Fsp3) is 0.333. The van der Waals surface area contributed by atoms with Crippen molar-refractivity contribution in [3.8, 4) is 11.1 Å². The Labute approximate surface area is 175 Å². The molecule has 150 valence electrons. The Morgan fingerprint density at radius 1 is 1.00 bits per heavy atom. The molecular formula is C24H23ClO4. The first kappa shape index (κ1) is 19.7. The minimum absolute atomic E-state index is 0.00684. The summed E-state index contributed by atoms with van der Waals surface area (Å²) in [6.07, 6.45) is 2.86. The predicted octanol–water partition coefficient (Wildman–Crippen LogP) is 5.08. The quantitative estimate of drug-likeness (QED) is 0.521. The van der Waals surface area contributed by atoms with Gasteiger partial charge < -0.3 is 9.47 Å². The molecule has 0 aliphatic heterocycles. The third-order valence-electron chi connectivity index (χ3n) is 5.76. The lowest BCUT2D eigenvalue weighted by Crippen LogP contribution is -2.39. The van der Waals surface area contributed by atoms with Gasteiger partial charge in [-0.1, -0.05) is 48.0 Å². The molecule has 0 aromatic heterocycles. The molecule has 0 saturated heterocycles. The zero-order valence-electron chi connectivity index (χ0n) is 16.5. The van der Waals surface area contributed by atoms with Crippen molar-refractivity contribution in [2.75, 3.05) is 13.2 Å². The smallest absolute Gasteiger partial charge is 0.327 e. The summed E-state index contributed by atoms with van der Waals surface area (Å²) < 4.78 is 10.6. The maximum absolute atomic E-state index is 12.9. The molecule has 5 heteroatoms. The predicted molar refractivity (Wildman–Crippen MR) is 112 cm³/mol. The van der Waals surface area contributed by atoms with Gasteiger partial charge in [0.2, 0.25) is 0 Å². The van der Waals surface area contributed by atoms with E-state index in [0.717, 1.165) is 28.7 Å². The van der Waals surface area contributed by atoms with E-state index < -0.39 is 17.4 Å². The van der Waals surface area contributed by atoms with E-state index in [-0.39, 0.29) is 19.1 Å². The lowest BCUT2D eigenvalue weighted by molar-refractivity contribution is -0.168. The number of rotatable bonds is 4. The van der Waals surface area contributed by atoms with Gasteiger partial charge in [0.1, 0.15) is 0 Å². The van der Waals surface area contributed by atoms with Gasteiger partial charge in [-0.3, -0.25) is 9.59 Å². The maximum atomic E-state index is 12.9. The van der Waals surface area contributed by atoms with Crippen molar-refractivity contribution >= 4 is 29.1 Å². The van der Waals surface area contributed by atoms with Crippen LogP contribution in [0.15, 0.2) is 48.5 Å². The second-order valence-electron chi connectivity index (χ2n) is 7.46. The molecule has 4 nitrogen and oxygen atoms in total. The fourth-order valence-corrected chi connectivity index (χ4v) is 4.70. The van der Waals surface area contributed by atoms with Gasteiger partial charge in [-0.25, -0.2) is 0 Å². The first-order valence-electron chi connectivity index (χ1n) is 9.95. The number of carbonyl (C=O) groups is 2. The average molecular weight is 411 g/mol. The van der Waals surface area contributed by atoms with Gasteiger partial charge in [0.05, 0.1) is 13.2 Å². The number of fused-ring (bicyclic) bond motifs is 5. The number of hydrogen-bond acceptors (Lipinski definition) is 4. The highest BCUT2D eigenvalue weighted by Gasteiger charge is 2.54. The summed E-state index contributed by atoms with van der Waals surface area (Å²) >= 11 is 6.31.